The van der Waals surface area contributed by atoms with Gasteiger partial charge in [0.25, 0.3) is 0 Å². The van der Waals surface area contributed by atoms with E-state index in [0.29, 0.717) is 31.4 Å². The molecule has 1 aliphatic heterocycles. The quantitative estimate of drug-likeness (QED) is 0.319. The number of aliphatic hydroxyl groups is 1. The first-order valence-corrected chi connectivity index (χ1v) is 9.03. The molecule has 9 heteroatoms. The average molecular weight is 506 g/mol. The summed E-state index contributed by atoms with van der Waals surface area (Å²) in [5.41, 5.74) is 0.0111. The number of aliphatic hydroxyl groups excluding tert-OH is 1. The summed E-state index contributed by atoms with van der Waals surface area (Å²) in [7, 11) is 0. The van der Waals surface area contributed by atoms with Gasteiger partial charge in [0.15, 0.2) is 5.96 Å². The highest BCUT2D eigenvalue weighted by Gasteiger charge is 2.27. The van der Waals surface area contributed by atoms with Gasteiger partial charge in [0.1, 0.15) is 29.2 Å². The van der Waals surface area contributed by atoms with Crippen LogP contribution in [0.4, 0.5) is 14.5 Å². The molecule has 1 aliphatic rings. The van der Waals surface area contributed by atoms with Crippen molar-refractivity contribution in [3.05, 3.63) is 54.0 Å². The first kappa shape index (κ1) is 22.4. The largest absolute Gasteiger partial charge is 0.467 e. The highest BCUT2D eigenvalue weighted by Crippen LogP contribution is 2.26. The minimum absolute atomic E-state index is 0. The van der Waals surface area contributed by atoms with E-state index in [1.165, 1.54) is 24.5 Å². The molecule has 6 nitrogen and oxygen atoms in total. The van der Waals surface area contributed by atoms with Crippen LogP contribution in [-0.2, 0) is 0 Å². The number of halogens is 3. The van der Waals surface area contributed by atoms with Crippen molar-refractivity contribution in [3.8, 4) is 0 Å². The summed E-state index contributed by atoms with van der Waals surface area (Å²) in [5, 5.41) is 16.5. The van der Waals surface area contributed by atoms with Gasteiger partial charge < -0.3 is 25.1 Å². The number of furan rings is 1. The summed E-state index contributed by atoms with van der Waals surface area (Å²) in [5.74, 6) is -0.115. The topological polar surface area (TPSA) is 73.0 Å². The van der Waals surface area contributed by atoms with E-state index >= 15 is 0 Å². The molecule has 0 spiro atoms. The van der Waals surface area contributed by atoms with Gasteiger partial charge in [-0.15, -0.1) is 24.0 Å². The summed E-state index contributed by atoms with van der Waals surface area (Å²) in [6.07, 6.45) is 1.39. The van der Waals surface area contributed by atoms with Crippen LogP contribution in [0.3, 0.4) is 0 Å². The molecule has 3 rings (SSSR count). The fourth-order valence-electron chi connectivity index (χ4n) is 3.13. The second-order valence-corrected chi connectivity index (χ2v) is 6.40. The standard InChI is InChI=1S/C19H24F2N4O2.HI/c1-2-22-19(23-11-16(26)17-7-4-10-27-17)24-13-8-9-25(12-13)18-14(20)5-3-6-15(18)21;/h3-7,10,13,16,26H,2,8-9,11-12H2,1H3,(H2,22,23,24);1H. The Labute approximate surface area is 180 Å². The lowest BCUT2D eigenvalue weighted by Crippen LogP contribution is -2.45. The molecule has 154 valence electrons. The van der Waals surface area contributed by atoms with Gasteiger partial charge in [0, 0.05) is 25.7 Å². The molecular formula is C19H25F2IN4O2. The molecule has 2 aromatic rings. The molecule has 1 aromatic carbocycles. The van der Waals surface area contributed by atoms with E-state index in [2.05, 4.69) is 15.6 Å². The average Bonchev–Trinajstić information content (AvgIpc) is 3.32. The summed E-state index contributed by atoms with van der Waals surface area (Å²) in [6, 6.07) is 7.28. The zero-order valence-corrected chi connectivity index (χ0v) is 17.9. The third-order valence-electron chi connectivity index (χ3n) is 4.42. The van der Waals surface area contributed by atoms with Crippen LogP contribution < -0.4 is 15.5 Å². The van der Waals surface area contributed by atoms with E-state index in [1.54, 1.807) is 17.0 Å². The Morgan fingerprint density at radius 3 is 2.71 bits per heavy atom. The van der Waals surface area contributed by atoms with Crippen molar-refractivity contribution in [2.45, 2.75) is 25.5 Å². The van der Waals surface area contributed by atoms with E-state index in [-0.39, 0.29) is 42.3 Å². The molecular weight excluding hydrogens is 481 g/mol. The fourth-order valence-corrected chi connectivity index (χ4v) is 3.13. The van der Waals surface area contributed by atoms with Crippen LogP contribution in [0.15, 0.2) is 46.0 Å². The van der Waals surface area contributed by atoms with Crippen LogP contribution in [0.25, 0.3) is 0 Å². The van der Waals surface area contributed by atoms with Gasteiger partial charge in [-0.05, 0) is 37.6 Å². The van der Waals surface area contributed by atoms with Crippen LogP contribution in [-0.4, -0.2) is 43.3 Å². The van der Waals surface area contributed by atoms with Crippen molar-refractivity contribution in [2.75, 3.05) is 31.1 Å². The Morgan fingerprint density at radius 2 is 2.07 bits per heavy atom. The summed E-state index contributed by atoms with van der Waals surface area (Å²) in [4.78, 5) is 6.08. The van der Waals surface area contributed by atoms with Crippen LogP contribution in [0.5, 0.6) is 0 Å². The van der Waals surface area contributed by atoms with Crippen LogP contribution in [0.2, 0.25) is 0 Å². The molecule has 1 aromatic heterocycles. The van der Waals surface area contributed by atoms with Gasteiger partial charge in [-0.2, -0.15) is 0 Å². The molecule has 1 saturated heterocycles. The Balaban J connectivity index is 0.00000280. The lowest BCUT2D eigenvalue weighted by Gasteiger charge is -2.21. The first-order chi connectivity index (χ1) is 13.1. The zero-order valence-electron chi connectivity index (χ0n) is 15.6. The summed E-state index contributed by atoms with van der Waals surface area (Å²) in [6.45, 7) is 3.74. The number of aliphatic imine (C=N–C) groups is 1. The molecule has 2 unspecified atom stereocenters. The third-order valence-corrected chi connectivity index (χ3v) is 4.42. The molecule has 1 fully saturated rings. The number of benzene rings is 1. The number of anilines is 1. The number of hydrogen-bond acceptors (Lipinski definition) is 4. The minimum atomic E-state index is -0.831. The molecule has 0 saturated carbocycles. The lowest BCUT2D eigenvalue weighted by atomic mass is 10.2. The molecule has 0 aliphatic carbocycles. The summed E-state index contributed by atoms with van der Waals surface area (Å²) < 4.78 is 33.1. The van der Waals surface area contributed by atoms with Crippen molar-refractivity contribution in [3.63, 3.8) is 0 Å². The smallest absolute Gasteiger partial charge is 0.191 e. The molecule has 3 N–H and O–H groups in total. The molecule has 2 heterocycles. The van der Waals surface area contributed by atoms with Crippen molar-refractivity contribution < 1.29 is 18.3 Å². The highest BCUT2D eigenvalue weighted by atomic mass is 127. The highest BCUT2D eigenvalue weighted by molar-refractivity contribution is 14.0. The Hall–Kier alpha value is -1.88. The second kappa shape index (κ2) is 10.6. The van der Waals surface area contributed by atoms with Gasteiger partial charge in [0.05, 0.1) is 12.8 Å². The van der Waals surface area contributed by atoms with E-state index in [4.69, 9.17) is 4.42 Å². The zero-order chi connectivity index (χ0) is 19.2. The molecule has 2 atom stereocenters. The number of nitrogens with one attached hydrogen (secondary N) is 2. The number of guanidine groups is 1. The predicted molar refractivity (Wildman–Crippen MR) is 115 cm³/mol. The minimum Gasteiger partial charge on any atom is -0.467 e. The summed E-state index contributed by atoms with van der Waals surface area (Å²) >= 11 is 0. The van der Waals surface area contributed by atoms with Gasteiger partial charge in [0.2, 0.25) is 0 Å². The molecule has 0 radical (unpaired) electrons. The SMILES string of the molecule is CCNC(=NCC(O)c1ccco1)NC1CCN(c2c(F)cccc2F)C1.I. The van der Waals surface area contributed by atoms with Crippen LogP contribution in [0, 0.1) is 11.6 Å². The first-order valence-electron chi connectivity index (χ1n) is 9.03. The van der Waals surface area contributed by atoms with Crippen molar-refractivity contribution >= 4 is 35.6 Å². The van der Waals surface area contributed by atoms with Crippen molar-refractivity contribution in [1.82, 2.24) is 10.6 Å². The normalized spacial score (nSPS) is 17.9. The number of rotatable bonds is 6. The number of para-hydroxylation sites is 1. The molecule has 28 heavy (non-hydrogen) atoms. The maximum absolute atomic E-state index is 14.0. The van der Waals surface area contributed by atoms with Crippen molar-refractivity contribution in [1.29, 1.82) is 0 Å². The van der Waals surface area contributed by atoms with Crippen molar-refractivity contribution in [2.24, 2.45) is 4.99 Å². The molecule has 0 bridgehead atoms. The maximum Gasteiger partial charge on any atom is 0.191 e. The monoisotopic (exact) mass is 506 g/mol. The van der Waals surface area contributed by atoms with Gasteiger partial charge in [-0.3, -0.25) is 4.99 Å². The van der Waals surface area contributed by atoms with Crippen LogP contribution >= 0.6 is 24.0 Å². The Kier molecular flexibility index (Phi) is 8.49. The van der Waals surface area contributed by atoms with E-state index < -0.39 is 17.7 Å². The second-order valence-electron chi connectivity index (χ2n) is 6.40. The third kappa shape index (κ3) is 5.57. The number of nitrogens with zero attached hydrogens (tertiary/aromatic N) is 2. The van der Waals surface area contributed by atoms with Gasteiger partial charge >= 0.3 is 0 Å². The van der Waals surface area contributed by atoms with Gasteiger partial charge in [-0.1, -0.05) is 6.07 Å². The van der Waals surface area contributed by atoms with Crippen LogP contribution in [0.1, 0.15) is 25.2 Å². The maximum atomic E-state index is 14.0. The van der Waals surface area contributed by atoms with E-state index in [1.807, 2.05) is 6.92 Å². The number of hydrogen-bond donors (Lipinski definition) is 3. The fraction of sp³-hybridized carbons (Fsp3) is 0.421. The van der Waals surface area contributed by atoms with Gasteiger partial charge in [-0.25, -0.2) is 8.78 Å². The Bertz CT molecular complexity index is 753. The Morgan fingerprint density at radius 1 is 1.32 bits per heavy atom. The lowest BCUT2D eigenvalue weighted by molar-refractivity contribution is 0.158. The molecule has 0 amide bonds. The predicted octanol–water partition coefficient (Wildman–Crippen LogP) is 3.04. The van der Waals surface area contributed by atoms with E-state index in [0.717, 1.165) is 6.42 Å². The van der Waals surface area contributed by atoms with E-state index in [9.17, 15) is 13.9 Å².